The predicted molar refractivity (Wildman–Crippen MR) is 91.3 cm³/mol. The molecular weight excluding hydrogens is 366 g/mol. The molecule has 0 aromatic carbocycles. The van der Waals surface area contributed by atoms with E-state index in [1.807, 2.05) is 0 Å². The molecule has 4 unspecified atom stereocenters. The van der Waals surface area contributed by atoms with Crippen LogP contribution in [0.4, 0.5) is 0 Å². The van der Waals surface area contributed by atoms with Crippen LogP contribution in [0.2, 0.25) is 0 Å². The molecule has 0 spiro atoms. The summed E-state index contributed by atoms with van der Waals surface area (Å²) in [5.74, 6) is 2.05. The minimum Gasteiger partial charge on any atom is -0.726 e. The minimum absolute atomic E-state index is 0. The topological polar surface area (TPSA) is 83.5 Å². The Labute approximate surface area is 178 Å². The smallest absolute Gasteiger partial charge is 0.726 e. The molecule has 0 bridgehead atoms. The Morgan fingerprint density at radius 3 is 2.46 bits per heavy atom. The van der Waals surface area contributed by atoms with Gasteiger partial charge in [0.05, 0.1) is 6.10 Å². The Morgan fingerprint density at radius 2 is 1.77 bits per heavy atom. The number of allylic oxidation sites excluding steroid dienone is 1. The third-order valence-corrected chi connectivity index (χ3v) is 8.53. The van der Waals surface area contributed by atoms with Gasteiger partial charge in [0.15, 0.2) is 0 Å². The molecule has 0 heterocycles. The van der Waals surface area contributed by atoms with Gasteiger partial charge in [0.2, 0.25) is 10.4 Å². The van der Waals surface area contributed by atoms with Crippen molar-refractivity contribution < 1.29 is 51.5 Å². The second kappa shape index (κ2) is 6.96. The predicted octanol–water partition coefficient (Wildman–Crippen LogP) is 0.368. The van der Waals surface area contributed by atoms with Crippen molar-refractivity contribution >= 4 is 16.2 Å². The second-order valence-corrected chi connectivity index (χ2v) is 10.1. The van der Waals surface area contributed by atoms with Crippen molar-refractivity contribution in [3.05, 3.63) is 11.6 Å². The Balaban J connectivity index is 0.00000196. The van der Waals surface area contributed by atoms with E-state index in [0.29, 0.717) is 36.4 Å². The first-order valence-corrected chi connectivity index (χ1v) is 10.8. The molecule has 0 aliphatic heterocycles. The number of carbonyl (C=O) groups excluding carboxylic acids is 1. The largest absolute Gasteiger partial charge is 1.00 e. The quantitative estimate of drug-likeness (QED) is 0.223. The molecule has 4 aliphatic carbocycles. The second-order valence-electron chi connectivity index (χ2n) is 9.05. The summed E-state index contributed by atoms with van der Waals surface area (Å²) >= 11 is 0. The van der Waals surface area contributed by atoms with Gasteiger partial charge in [-0.15, -0.1) is 0 Å². The number of Topliss-reactive ketones (excluding diaryl/α,β-unsaturated/α-hetero) is 1. The van der Waals surface area contributed by atoms with Gasteiger partial charge in [-0.25, -0.2) is 8.42 Å². The number of rotatable bonds is 2. The van der Waals surface area contributed by atoms with E-state index in [2.05, 4.69) is 19.9 Å². The van der Waals surface area contributed by atoms with E-state index in [4.69, 9.17) is 4.18 Å². The molecular formula is C19H27NaO5S. The van der Waals surface area contributed by atoms with Gasteiger partial charge in [-0.05, 0) is 68.1 Å². The molecule has 3 fully saturated rings. The van der Waals surface area contributed by atoms with Crippen molar-refractivity contribution in [2.75, 3.05) is 0 Å². The Hall–Kier alpha value is 0.280. The zero-order valence-corrected chi connectivity index (χ0v) is 18.8. The van der Waals surface area contributed by atoms with Crippen LogP contribution in [-0.4, -0.2) is 24.9 Å². The fourth-order valence-electron chi connectivity index (χ4n) is 6.65. The third kappa shape index (κ3) is 3.29. The first kappa shape index (κ1) is 21.0. The molecule has 5 nitrogen and oxygen atoms in total. The zero-order chi connectivity index (χ0) is 18.0. The van der Waals surface area contributed by atoms with Crippen LogP contribution < -0.4 is 29.6 Å². The summed E-state index contributed by atoms with van der Waals surface area (Å²) in [6.45, 7) is 4.48. The number of ketones is 1. The molecule has 0 radical (unpaired) electrons. The van der Waals surface area contributed by atoms with Crippen LogP contribution in [-0.2, 0) is 19.4 Å². The van der Waals surface area contributed by atoms with E-state index in [0.717, 1.165) is 38.5 Å². The summed E-state index contributed by atoms with van der Waals surface area (Å²) < 4.78 is 37.5. The van der Waals surface area contributed by atoms with Gasteiger partial charge in [-0.1, -0.05) is 25.5 Å². The molecule has 0 aromatic rings. The average molecular weight is 393 g/mol. The summed E-state index contributed by atoms with van der Waals surface area (Å²) in [5, 5.41) is 0. The van der Waals surface area contributed by atoms with Crippen LogP contribution in [0.3, 0.4) is 0 Å². The SMILES string of the molecule is C[C@]12C[13CH2][13CH](OS(=O)(=O)[O-])[13CH2]C1=CCC1C2CC[C@]2(C)C(=O)CCC12.[Na+]. The van der Waals surface area contributed by atoms with Gasteiger partial charge in [0, 0.05) is 11.8 Å². The van der Waals surface area contributed by atoms with Gasteiger partial charge in [-0.3, -0.25) is 8.98 Å². The van der Waals surface area contributed by atoms with E-state index >= 15 is 0 Å². The van der Waals surface area contributed by atoms with Crippen LogP contribution in [0.1, 0.15) is 65.2 Å². The summed E-state index contributed by atoms with van der Waals surface area (Å²) in [7, 11) is -4.65. The molecule has 140 valence electrons. The molecule has 0 aromatic heterocycles. The molecule has 6 atom stereocenters. The number of carbonyl (C=O) groups is 1. The van der Waals surface area contributed by atoms with Crippen LogP contribution in [0.5, 0.6) is 0 Å². The fourth-order valence-corrected chi connectivity index (χ4v) is 7.14. The Bertz CT molecular complexity index is 732. The monoisotopic (exact) mass is 393 g/mol. The molecule has 7 heteroatoms. The maximum absolute atomic E-state index is 12.4. The van der Waals surface area contributed by atoms with Crippen LogP contribution in [0, 0.1) is 28.6 Å². The van der Waals surface area contributed by atoms with Gasteiger partial charge in [0.1, 0.15) is 5.78 Å². The van der Waals surface area contributed by atoms with Crippen molar-refractivity contribution in [2.45, 2.75) is 71.3 Å². The number of hydrogen-bond acceptors (Lipinski definition) is 5. The Kier molecular flexibility index (Phi) is 5.62. The van der Waals surface area contributed by atoms with Crippen LogP contribution >= 0.6 is 0 Å². The van der Waals surface area contributed by atoms with Crippen molar-refractivity contribution in [3.8, 4) is 0 Å². The molecule has 4 rings (SSSR count). The summed E-state index contributed by atoms with van der Waals surface area (Å²) in [5.41, 5.74) is 1.20. The molecule has 4 aliphatic rings. The Morgan fingerprint density at radius 1 is 1.12 bits per heavy atom. The van der Waals surface area contributed by atoms with Gasteiger partial charge < -0.3 is 4.55 Å². The maximum atomic E-state index is 12.4. The first-order valence-electron chi connectivity index (χ1n) is 9.50. The van der Waals surface area contributed by atoms with E-state index in [1.54, 1.807) is 0 Å². The van der Waals surface area contributed by atoms with E-state index in [1.165, 1.54) is 5.57 Å². The first-order chi connectivity index (χ1) is 11.6. The summed E-state index contributed by atoms with van der Waals surface area (Å²) in [4.78, 5) is 12.4. The van der Waals surface area contributed by atoms with Crippen molar-refractivity contribution in [1.29, 1.82) is 0 Å². The normalized spacial score (nSPS) is 45.0. The molecule has 0 amide bonds. The molecule has 3 saturated carbocycles. The number of hydrogen-bond donors (Lipinski definition) is 0. The molecule has 0 N–H and O–H groups in total. The summed E-state index contributed by atoms with van der Waals surface area (Å²) in [6.07, 6.45) is 8.55. The van der Waals surface area contributed by atoms with Crippen LogP contribution in [0.25, 0.3) is 0 Å². The number of fused-ring (bicyclic) bond motifs is 5. The fraction of sp³-hybridized carbons (Fsp3) is 0.842. The van der Waals surface area contributed by atoms with E-state index < -0.39 is 16.5 Å². The van der Waals surface area contributed by atoms with Gasteiger partial charge >= 0.3 is 29.6 Å². The zero-order valence-electron chi connectivity index (χ0n) is 16.0. The van der Waals surface area contributed by atoms with Gasteiger partial charge in [0.25, 0.3) is 0 Å². The minimum atomic E-state index is -4.65. The molecule has 0 saturated heterocycles. The van der Waals surface area contributed by atoms with Crippen molar-refractivity contribution in [1.82, 2.24) is 0 Å². The van der Waals surface area contributed by atoms with Crippen LogP contribution in [0.15, 0.2) is 11.6 Å². The standard InChI is InChI=1S/C19H28O5S.Na/c1-18-9-7-13(24-25(21,22)23)11-12(18)3-4-14-15-5-6-17(20)19(15,2)10-8-16(14)18;/h3,13-16H,4-11H2,1-2H3,(H,21,22,23);/q;+1/p-1/t13?,14?,15?,16?,18-,19-;/m0./s1/i7+1,11+1,13+1;. The van der Waals surface area contributed by atoms with Crippen molar-refractivity contribution in [3.63, 3.8) is 0 Å². The van der Waals surface area contributed by atoms with E-state index in [-0.39, 0.29) is 40.4 Å². The average Bonchev–Trinajstić information content (AvgIpc) is 2.82. The van der Waals surface area contributed by atoms with Crippen molar-refractivity contribution in [2.24, 2.45) is 28.6 Å². The summed E-state index contributed by atoms with van der Waals surface area (Å²) in [6, 6.07) is 0. The van der Waals surface area contributed by atoms with Gasteiger partial charge in [-0.2, -0.15) is 0 Å². The van der Waals surface area contributed by atoms with E-state index in [9.17, 15) is 17.8 Å². The molecule has 26 heavy (non-hydrogen) atoms. The third-order valence-electron chi connectivity index (χ3n) is 8.02. The maximum Gasteiger partial charge on any atom is 1.00 e.